The molecule has 0 spiro atoms. The molecule has 0 saturated heterocycles. The van der Waals surface area contributed by atoms with Crippen LogP contribution in [0.1, 0.15) is 34.1 Å². The third kappa shape index (κ3) is 11.8. The number of hydrogen-bond acceptors (Lipinski definition) is 3. The zero-order chi connectivity index (χ0) is 16.1. The van der Waals surface area contributed by atoms with Crippen LogP contribution in [0.2, 0.25) is 0 Å². The van der Waals surface area contributed by atoms with Gasteiger partial charge in [0.1, 0.15) is 11.9 Å². The van der Waals surface area contributed by atoms with Crippen molar-refractivity contribution in [3.63, 3.8) is 0 Å². The van der Waals surface area contributed by atoms with E-state index in [0.717, 1.165) is 0 Å². The number of ether oxygens (including phenoxy) is 1. The van der Waals surface area contributed by atoms with Gasteiger partial charge in [-0.1, -0.05) is 32.9 Å². The largest absolute Gasteiger partial charge is 0.489 e. The number of hydrogen-bond donors (Lipinski definition) is 1. The van der Waals surface area contributed by atoms with Crippen molar-refractivity contribution in [2.24, 2.45) is 0 Å². The first kappa shape index (κ1) is 19.3. The summed E-state index contributed by atoms with van der Waals surface area (Å²) >= 11 is 0. The summed E-state index contributed by atoms with van der Waals surface area (Å²) in [5.41, 5.74) is 0. The van der Waals surface area contributed by atoms with Crippen LogP contribution in [0.4, 0.5) is 4.39 Å². The van der Waals surface area contributed by atoms with E-state index in [-0.39, 0.29) is 11.9 Å². The molecule has 0 fully saturated rings. The van der Waals surface area contributed by atoms with Gasteiger partial charge in [-0.3, -0.25) is 4.79 Å². The number of carbonyl (C=O) groups is 1. The summed E-state index contributed by atoms with van der Waals surface area (Å²) in [6.45, 7) is 8.56. The van der Waals surface area contributed by atoms with E-state index in [2.05, 4.69) is 19.2 Å². The quantitative estimate of drug-likeness (QED) is 0.378. The molecule has 118 valence electrons. The van der Waals surface area contributed by atoms with Crippen molar-refractivity contribution in [3.8, 4) is 0 Å². The number of nitrogens with one attached hydrogen (secondary N) is 1. The van der Waals surface area contributed by atoms with E-state index in [0.29, 0.717) is 31.1 Å². The SMILES string of the molecule is CCC(=O)/C=C/C=C/C(=C\C=C\F)O[C@@H](C)CNC(C)C. The van der Waals surface area contributed by atoms with E-state index in [4.69, 9.17) is 4.74 Å². The van der Waals surface area contributed by atoms with Crippen LogP contribution in [-0.2, 0) is 9.53 Å². The van der Waals surface area contributed by atoms with Crippen molar-refractivity contribution in [1.82, 2.24) is 5.32 Å². The molecule has 0 aliphatic heterocycles. The Morgan fingerprint density at radius 1 is 1.19 bits per heavy atom. The summed E-state index contributed by atoms with van der Waals surface area (Å²) < 4.78 is 17.8. The van der Waals surface area contributed by atoms with Crippen LogP contribution in [0.15, 0.2) is 48.5 Å². The second-order valence-corrected chi connectivity index (χ2v) is 4.92. The molecule has 1 N–H and O–H groups in total. The average Bonchev–Trinajstić information content (AvgIpc) is 2.46. The lowest BCUT2D eigenvalue weighted by Gasteiger charge is -2.17. The van der Waals surface area contributed by atoms with Crippen LogP contribution in [0.25, 0.3) is 0 Å². The van der Waals surface area contributed by atoms with Crippen LogP contribution in [0.3, 0.4) is 0 Å². The summed E-state index contributed by atoms with van der Waals surface area (Å²) in [7, 11) is 0. The molecule has 0 radical (unpaired) electrons. The highest BCUT2D eigenvalue weighted by atomic mass is 19.1. The molecule has 3 nitrogen and oxygen atoms in total. The molecule has 0 bridgehead atoms. The fourth-order valence-electron chi connectivity index (χ4n) is 1.37. The summed E-state index contributed by atoms with van der Waals surface area (Å²) in [5.74, 6) is 0.597. The van der Waals surface area contributed by atoms with Gasteiger partial charge in [0, 0.05) is 19.0 Å². The average molecular weight is 295 g/mol. The van der Waals surface area contributed by atoms with E-state index >= 15 is 0 Å². The maximum atomic E-state index is 12.1. The first-order chi connectivity index (χ1) is 9.99. The van der Waals surface area contributed by atoms with E-state index in [1.807, 2.05) is 6.92 Å². The Balaban J connectivity index is 4.56. The molecule has 1 atom stereocenters. The van der Waals surface area contributed by atoms with Gasteiger partial charge in [-0.15, -0.1) is 0 Å². The standard InChI is InChI=1S/C17H26FNO2/c1-5-16(20)9-6-7-10-17(11-8-12-18)21-15(4)13-19-14(2)3/h6-12,14-15,19H,5,13H2,1-4H3/b9-6+,10-7+,12-8+,17-11+/t15-/m0/s1. The Hall–Kier alpha value is -1.68. The van der Waals surface area contributed by atoms with Crippen LogP contribution in [-0.4, -0.2) is 24.5 Å². The highest BCUT2D eigenvalue weighted by molar-refractivity contribution is 5.89. The molecule has 0 saturated carbocycles. The summed E-state index contributed by atoms with van der Waals surface area (Å²) in [4.78, 5) is 11.1. The molecule has 21 heavy (non-hydrogen) atoms. The highest BCUT2D eigenvalue weighted by Crippen LogP contribution is 2.06. The molecular weight excluding hydrogens is 269 g/mol. The monoisotopic (exact) mass is 295 g/mol. The van der Waals surface area contributed by atoms with Crippen molar-refractivity contribution in [3.05, 3.63) is 48.5 Å². The minimum atomic E-state index is -0.0439. The molecule has 0 amide bonds. The van der Waals surface area contributed by atoms with Gasteiger partial charge in [0.05, 0.1) is 6.33 Å². The lowest BCUT2D eigenvalue weighted by molar-refractivity contribution is -0.114. The molecule has 0 aromatic heterocycles. The fraction of sp³-hybridized carbons (Fsp3) is 0.471. The maximum Gasteiger partial charge on any atom is 0.155 e. The Bertz CT molecular complexity index is 409. The van der Waals surface area contributed by atoms with Gasteiger partial charge in [0.2, 0.25) is 0 Å². The second kappa shape index (κ2) is 12.1. The number of rotatable bonds is 10. The van der Waals surface area contributed by atoms with Gasteiger partial charge < -0.3 is 10.1 Å². The first-order valence-corrected chi connectivity index (χ1v) is 7.24. The summed E-state index contributed by atoms with van der Waals surface area (Å²) in [6, 6.07) is 0.382. The Morgan fingerprint density at radius 3 is 2.43 bits per heavy atom. The van der Waals surface area contributed by atoms with E-state index in [9.17, 15) is 9.18 Å². The van der Waals surface area contributed by atoms with Crippen LogP contribution in [0, 0.1) is 0 Å². The summed E-state index contributed by atoms with van der Waals surface area (Å²) in [5, 5.41) is 3.27. The highest BCUT2D eigenvalue weighted by Gasteiger charge is 2.04. The number of halogens is 1. The van der Waals surface area contributed by atoms with E-state index in [1.165, 1.54) is 18.2 Å². The smallest absolute Gasteiger partial charge is 0.155 e. The molecule has 0 aliphatic carbocycles. The summed E-state index contributed by atoms with van der Waals surface area (Å²) in [6.07, 6.45) is 10.2. The predicted octanol–water partition coefficient (Wildman–Crippen LogP) is 3.85. The van der Waals surface area contributed by atoms with Crippen LogP contribution < -0.4 is 5.32 Å². The number of allylic oxidation sites excluding steroid dienone is 6. The molecule has 0 aromatic carbocycles. The first-order valence-electron chi connectivity index (χ1n) is 7.24. The van der Waals surface area contributed by atoms with Gasteiger partial charge >= 0.3 is 0 Å². The minimum absolute atomic E-state index is 0.0439. The Labute approximate surface area is 127 Å². The van der Waals surface area contributed by atoms with Crippen molar-refractivity contribution in [1.29, 1.82) is 0 Å². The predicted molar refractivity (Wildman–Crippen MR) is 85.6 cm³/mol. The van der Waals surface area contributed by atoms with E-state index < -0.39 is 0 Å². The van der Waals surface area contributed by atoms with Crippen molar-refractivity contribution in [2.45, 2.75) is 46.3 Å². The van der Waals surface area contributed by atoms with Gasteiger partial charge in [0.15, 0.2) is 5.78 Å². The Kier molecular flexibility index (Phi) is 11.1. The molecule has 0 aromatic rings. The third-order valence-electron chi connectivity index (χ3n) is 2.49. The zero-order valence-corrected chi connectivity index (χ0v) is 13.3. The molecular formula is C17H26FNO2. The zero-order valence-electron chi connectivity index (χ0n) is 13.3. The van der Waals surface area contributed by atoms with E-state index in [1.54, 1.807) is 25.2 Å². The molecule has 0 heterocycles. The second-order valence-electron chi connectivity index (χ2n) is 4.92. The van der Waals surface area contributed by atoms with Gasteiger partial charge in [-0.05, 0) is 31.2 Å². The maximum absolute atomic E-state index is 12.1. The molecule has 0 unspecified atom stereocenters. The van der Waals surface area contributed by atoms with Gasteiger partial charge in [-0.2, -0.15) is 0 Å². The normalized spacial score (nSPS) is 14.7. The van der Waals surface area contributed by atoms with Crippen molar-refractivity contribution >= 4 is 5.78 Å². The van der Waals surface area contributed by atoms with Gasteiger partial charge in [0.25, 0.3) is 0 Å². The Morgan fingerprint density at radius 2 is 1.86 bits per heavy atom. The number of ketones is 1. The minimum Gasteiger partial charge on any atom is -0.489 e. The lowest BCUT2D eigenvalue weighted by Crippen LogP contribution is -2.31. The van der Waals surface area contributed by atoms with Crippen molar-refractivity contribution in [2.75, 3.05) is 6.54 Å². The van der Waals surface area contributed by atoms with Crippen LogP contribution in [0.5, 0.6) is 0 Å². The molecule has 0 rings (SSSR count). The topological polar surface area (TPSA) is 38.3 Å². The molecule has 0 aliphatic rings. The third-order valence-corrected chi connectivity index (χ3v) is 2.49. The van der Waals surface area contributed by atoms with Crippen LogP contribution >= 0.6 is 0 Å². The number of carbonyl (C=O) groups excluding carboxylic acids is 1. The van der Waals surface area contributed by atoms with Gasteiger partial charge in [-0.25, -0.2) is 4.39 Å². The fourth-order valence-corrected chi connectivity index (χ4v) is 1.37. The molecule has 4 heteroatoms. The van der Waals surface area contributed by atoms with Crippen molar-refractivity contribution < 1.29 is 13.9 Å². The lowest BCUT2D eigenvalue weighted by atomic mass is 10.2.